The molecule has 0 unspecified atom stereocenters. The smallest absolute Gasteiger partial charge is 0.0216 e. The predicted octanol–water partition coefficient (Wildman–Crippen LogP) is 7.42. The molecule has 27 heavy (non-hydrogen) atoms. The van der Waals surface area contributed by atoms with E-state index < -0.39 is 0 Å². The molecule has 0 heterocycles. The molecule has 1 aliphatic carbocycles. The van der Waals surface area contributed by atoms with Gasteiger partial charge in [-0.15, -0.1) is 0 Å². The monoisotopic (exact) mass is 358 g/mol. The number of rotatable bonds is 7. The van der Waals surface area contributed by atoms with Gasteiger partial charge in [-0.1, -0.05) is 74.0 Å². The third kappa shape index (κ3) is 5.01. The minimum atomic E-state index is 0.583. The average molecular weight is 359 g/mol. The summed E-state index contributed by atoms with van der Waals surface area (Å²) in [4.78, 5) is 0. The van der Waals surface area contributed by atoms with E-state index in [1.165, 1.54) is 40.7 Å². The predicted molar refractivity (Wildman–Crippen MR) is 119 cm³/mol. The molecule has 0 nitrogen and oxygen atoms in total. The van der Waals surface area contributed by atoms with E-state index in [9.17, 15) is 0 Å². The van der Waals surface area contributed by atoms with Gasteiger partial charge in [0.15, 0.2) is 0 Å². The maximum Gasteiger partial charge on any atom is -0.0216 e. The van der Waals surface area contributed by atoms with E-state index in [1.54, 1.807) is 11.1 Å². The molecule has 0 radical (unpaired) electrons. The lowest BCUT2D eigenvalue weighted by Crippen LogP contribution is -2.07. The molecule has 1 aliphatic rings. The first-order valence-electron chi connectivity index (χ1n) is 10.6. The molecule has 0 aromatic heterocycles. The van der Waals surface area contributed by atoms with Crippen molar-refractivity contribution in [3.63, 3.8) is 0 Å². The molecule has 142 valence electrons. The van der Waals surface area contributed by atoms with Crippen LogP contribution in [-0.2, 0) is 19.3 Å². The summed E-state index contributed by atoms with van der Waals surface area (Å²) < 4.78 is 0. The summed E-state index contributed by atoms with van der Waals surface area (Å²) in [5, 5.41) is 0. The van der Waals surface area contributed by atoms with Gasteiger partial charge in [0.05, 0.1) is 0 Å². The fourth-order valence-electron chi connectivity index (χ4n) is 4.39. The molecule has 0 amide bonds. The molecular formula is C27H34. The summed E-state index contributed by atoms with van der Waals surface area (Å²) in [6.45, 7) is 9.30. The van der Waals surface area contributed by atoms with Gasteiger partial charge in [0, 0.05) is 0 Å². The van der Waals surface area contributed by atoms with E-state index in [4.69, 9.17) is 0 Å². The average Bonchev–Trinajstić information content (AvgIpc) is 2.68. The lowest BCUT2D eigenvalue weighted by atomic mass is 9.83. The van der Waals surface area contributed by atoms with Crippen molar-refractivity contribution in [2.75, 3.05) is 0 Å². The quantitative estimate of drug-likeness (QED) is 0.483. The maximum absolute atomic E-state index is 2.45. The van der Waals surface area contributed by atoms with Crippen molar-refractivity contribution in [1.29, 1.82) is 0 Å². The highest BCUT2D eigenvalue weighted by atomic mass is 14.2. The fourth-order valence-corrected chi connectivity index (χ4v) is 4.39. The molecule has 2 aromatic rings. The maximum atomic E-state index is 2.45. The van der Waals surface area contributed by atoms with Gasteiger partial charge in [-0.25, -0.2) is 0 Å². The van der Waals surface area contributed by atoms with Gasteiger partial charge in [-0.2, -0.15) is 0 Å². The lowest BCUT2D eigenvalue weighted by molar-refractivity contribution is 0.820. The molecule has 2 aromatic carbocycles. The Hall–Kier alpha value is -2.08. The van der Waals surface area contributed by atoms with Crippen LogP contribution in [0.15, 0.2) is 60.2 Å². The van der Waals surface area contributed by atoms with Crippen LogP contribution >= 0.6 is 0 Å². The third-order valence-corrected chi connectivity index (χ3v) is 5.96. The zero-order valence-electron chi connectivity index (χ0n) is 17.5. The first kappa shape index (κ1) is 19.7. The van der Waals surface area contributed by atoms with Crippen LogP contribution < -0.4 is 0 Å². The van der Waals surface area contributed by atoms with Crippen LogP contribution in [0, 0.1) is 13.8 Å². The molecular weight excluding hydrogens is 324 g/mol. The molecule has 0 heteroatoms. The van der Waals surface area contributed by atoms with E-state index in [0.717, 1.165) is 25.7 Å². The third-order valence-electron chi connectivity index (χ3n) is 5.96. The fraction of sp³-hybridized carbons (Fsp3) is 0.407. The van der Waals surface area contributed by atoms with E-state index in [1.807, 2.05) is 0 Å². The largest absolute Gasteiger partial charge is 0.0840 e. The Balaban J connectivity index is 1.88. The standard InChI is InChI=1S/C27H34/c1-20(2)27-19-21(3)25(17-15-23-11-7-5-8-12-23)26(22(27)4)18-16-24-13-9-6-10-14-24/h5,7-9,11-14,19-20H,6,10,15-18H2,1-4H3. The van der Waals surface area contributed by atoms with Crippen molar-refractivity contribution in [2.24, 2.45) is 0 Å². The molecule has 0 N–H and O–H groups in total. The first-order valence-corrected chi connectivity index (χ1v) is 10.6. The number of hydrogen-bond acceptors (Lipinski definition) is 0. The lowest BCUT2D eigenvalue weighted by Gasteiger charge is -2.22. The molecule has 0 saturated carbocycles. The van der Waals surface area contributed by atoms with Gasteiger partial charge < -0.3 is 0 Å². The van der Waals surface area contributed by atoms with Crippen molar-refractivity contribution < 1.29 is 0 Å². The summed E-state index contributed by atoms with van der Waals surface area (Å²) in [6, 6.07) is 13.4. The highest BCUT2D eigenvalue weighted by molar-refractivity contribution is 5.47. The Labute approximate surface area is 166 Å². The second kappa shape index (κ2) is 9.22. The normalized spacial score (nSPS) is 13.9. The second-order valence-corrected chi connectivity index (χ2v) is 8.26. The van der Waals surface area contributed by atoms with E-state index in [2.05, 4.69) is 82.3 Å². The van der Waals surface area contributed by atoms with Crippen LogP contribution in [0.3, 0.4) is 0 Å². The van der Waals surface area contributed by atoms with Gasteiger partial charge in [0.25, 0.3) is 0 Å². The van der Waals surface area contributed by atoms with E-state index >= 15 is 0 Å². The molecule has 0 saturated heterocycles. The molecule has 0 bridgehead atoms. The highest BCUT2D eigenvalue weighted by Gasteiger charge is 2.15. The molecule has 0 spiro atoms. The SMILES string of the molecule is Cc1cc(C(C)C)c(C)c(CCC2=CCCC=C2)c1CCc1ccccc1. The van der Waals surface area contributed by atoms with Gasteiger partial charge in [-0.05, 0) is 91.7 Å². The van der Waals surface area contributed by atoms with Crippen LogP contribution in [0.25, 0.3) is 0 Å². The van der Waals surface area contributed by atoms with E-state index in [0.29, 0.717) is 5.92 Å². The zero-order valence-corrected chi connectivity index (χ0v) is 17.5. The number of allylic oxidation sites excluding steroid dienone is 4. The highest BCUT2D eigenvalue weighted by Crippen LogP contribution is 2.31. The zero-order chi connectivity index (χ0) is 19.2. The minimum Gasteiger partial charge on any atom is -0.0840 e. The van der Waals surface area contributed by atoms with Crippen molar-refractivity contribution in [3.05, 3.63) is 93.6 Å². The number of hydrogen-bond donors (Lipinski definition) is 0. The summed E-state index contributed by atoms with van der Waals surface area (Å²) in [6.07, 6.45) is 14.1. The Bertz CT molecular complexity index is 819. The van der Waals surface area contributed by atoms with Crippen molar-refractivity contribution in [3.8, 4) is 0 Å². The Morgan fingerprint density at radius 2 is 1.59 bits per heavy atom. The molecule has 0 fully saturated rings. The van der Waals surface area contributed by atoms with Crippen molar-refractivity contribution in [2.45, 2.75) is 72.1 Å². The van der Waals surface area contributed by atoms with Crippen molar-refractivity contribution in [1.82, 2.24) is 0 Å². The molecule has 0 atom stereocenters. The summed E-state index contributed by atoms with van der Waals surface area (Å²) in [5.74, 6) is 0.583. The number of aryl methyl sites for hydroxylation is 2. The molecule has 3 rings (SSSR count). The van der Waals surface area contributed by atoms with Crippen LogP contribution in [0.2, 0.25) is 0 Å². The van der Waals surface area contributed by atoms with Crippen molar-refractivity contribution >= 4 is 0 Å². The van der Waals surface area contributed by atoms with Crippen LogP contribution in [0.5, 0.6) is 0 Å². The van der Waals surface area contributed by atoms with Crippen LogP contribution in [0.1, 0.15) is 72.4 Å². The van der Waals surface area contributed by atoms with Gasteiger partial charge in [0.2, 0.25) is 0 Å². The van der Waals surface area contributed by atoms with Crippen LogP contribution in [-0.4, -0.2) is 0 Å². The Morgan fingerprint density at radius 3 is 2.26 bits per heavy atom. The summed E-state index contributed by atoms with van der Waals surface area (Å²) >= 11 is 0. The molecule has 0 aliphatic heterocycles. The first-order chi connectivity index (χ1) is 13.1. The second-order valence-electron chi connectivity index (χ2n) is 8.26. The van der Waals surface area contributed by atoms with Crippen LogP contribution in [0.4, 0.5) is 0 Å². The van der Waals surface area contributed by atoms with E-state index in [-0.39, 0.29) is 0 Å². The topological polar surface area (TPSA) is 0 Å². The minimum absolute atomic E-state index is 0.583. The van der Waals surface area contributed by atoms with Gasteiger partial charge in [0.1, 0.15) is 0 Å². The Morgan fingerprint density at radius 1 is 0.852 bits per heavy atom. The number of benzene rings is 2. The van der Waals surface area contributed by atoms with Gasteiger partial charge in [-0.3, -0.25) is 0 Å². The van der Waals surface area contributed by atoms with Gasteiger partial charge >= 0.3 is 0 Å². The summed E-state index contributed by atoms with van der Waals surface area (Å²) in [5.41, 5.74) is 10.7. The Kier molecular flexibility index (Phi) is 6.72. The summed E-state index contributed by atoms with van der Waals surface area (Å²) in [7, 11) is 0.